The highest BCUT2D eigenvalue weighted by molar-refractivity contribution is 7.00. The van der Waals surface area contributed by atoms with Gasteiger partial charge in [0.25, 0.3) is 6.71 Å². The first-order valence-corrected chi connectivity index (χ1v) is 52.2. The lowest BCUT2D eigenvalue weighted by atomic mass is 9.33. The number of anilines is 12. The van der Waals surface area contributed by atoms with Crippen molar-refractivity contribution in [2.75, 3.05) is 19.6 Å². The molecule has 0 saturated heterocycles. The molecule has 0 N–H and O–H groups in total. The van der Waals surface area contributed by atoms with E-state index >= 15 is 0 Å². The van der Waals surface area contributed by atoms with Gasteiger partial charge < -0.3 is 19.6 Å². The van der Waals surface area contributed by atoms with Gasteiger partial charge >= 0.3 is 0 Å². The van der Waals surface area contributed by atoms with Crippen molar-refractivity contribution in [1.82, 2.24) is 0 Å². The van der Waals surface area contributed by atoms with Crippen molar-refractivity contribution in [3.63, 3.8) is 0 Å². The monoisotopic (exact) mass is 1890 g/mol. The molecule has 0 saturated carbocycles. The number of fused-ring (bicyclic) bond motifs is 4. The van der Waals surface area contributed by atoms with Gasteiger partial charge in [-0.05, 0) is 316 Å². The second kappa shape index (κ2) is 37.4. The van der Waals surface area contributed by atoms with Crippen LogP contribution < -0.4 is 36.0 Å². The van der Waals surface area contributed by atoms with Crippen LogP contribution in [0.1, 0.15) is 211 Å². The Hall–Kier alpha value is -14.8. The van der Waals surface area contributed by atoms with Gasteiger partial charge in [0.1, 0.15) is 0 Å². The highest BCUT2D eigenvalue weighted by Gasteiger charge is 2.47. The number of hydrogen-bond donors (Lipinski definition) is 0. The normalized spacial score (nSPS) is 12.9. The molecule has 0 unspecified atom stereocenters. The number of rotatable bonds is 17. The molecule has 4 nitrogen and oxygen atoms in total. The molecule has 20 rings (SSSR count). The van der Waals surface area contributed by atoms with Gasteiger partial charge in [-0.2, -0.15) is 0 Å². The van der Waals surface area contributed by atoms with Crippen LogP contribution in [0.15, 0.2) is 406 Å². The first kappa shape index (κ1) is 97.7. The van der Waals surface area contributed by atoms with E-state index in [-0.39, 0.29) is 43.3 Å². The fourth-order valence-electron chi connectivity index (χ4n) is 21.4. The van der Waals surface area contributed by atoms with E-state index in [4.69, 9.17) is 0 Å². The Bertz CT molecular complexity index is 7080. The third kappa shape index (κ3) is 19.5. The average molecular weight is 1890 g/mol. The lowest BCUT2D eigenvalue weighted by Gasteiger charge is -2.46. The van der Waals surface area contributed by atoms with E-state index in [1.165, 1.54) is 60.9 Å². The zero-order valence-corrected chi connectivity index (χ0v) is 89.5. The average Bonchev–Trinajstić information content (AvgIpc) is 0.681. The highest BCUT2D eigenvalue weighted by Crippen LogP contribution is 2.58. The summed E-state index contributed by atoms with van der Waals surface area (Å²) in [6.07, 6.45) is 0. The predicted molar refractivity (Wildman–Crippen MR) is 628 cm³/mol. The molecule has 722 valence electrons. The molecule has 0 aliphatic carbocycles. The Kier molecular flexibility index (Phi) is 25.2. The Morgan fingerprint density at radius 1 is 0.159 bits per heavy atom. The van der Waals surface area contributed by atoms with Crippen LogP contribution in [0.5, 0.6) is 0 Å². The van der Waals surface area contributed by atoms with E-state index in [1.807, 2.05) is 0 Å². The van der Waals surface area contributed by atoms with Crippen molar-refractivity contribution in [3.8, 4) is 100 Å². The molecule has 145 heavy (non-hydrogen) atoms. The maximum atomic E-state index is 2.81. The van der Waals surface area contributed by atoms with E-state index in [9.17, 15) is 0 Å². The van der Waals surface area contributed by atoms with E-state index in [2.05, 4.69) is 592 Å². The third-order valence-electron chi connectivity index (χ3n) is 30.0. The SMILES string of the molecule is CC(C)(C)c1ccc(N(c2ccc(C(C)(C)C)cc2)c2ccc3c(c2)N(c2c(-c4cccc(-c5ccccc5)c4)cc(C(C)(C)C)cc2-c2cccc(-c4ccccc4)c2)c2cc(-c4cc(C(C)(C)C)cc(C(C)(C)C)c4)cc4c2B3c2ccc(N(c3ccc(C(C)(C)C)cc3)c3ccc(C(C)(C)C)cc3)cc2N4c2c(-c3cccc(-c4ccccc4)c3)cc(C(C)(C)C)cc2-c2cccc(-c3ccccc3)c2)cc1. The summed E-state index contributed by atoms with van der Waals surface area (Å²) in [6, 6.07) is 158. The molecule has 18 aromatic rings. The molecular formula is C140H139BN4. The fraction of sp³-hybridized carbons (Fsp3) is 0.229. The van der Waals surface area contributed by atoms with Crippen molar-refractivity contribution in [3.05, 3.63) is 451 Å². The van der Waals surface area contributed by atoms with Crippen molar-refractivity contribution >= 4 is 91.3 Å². The smallest absolute Gasteiger partial charge is 0.252 e. The molecular weight excluding hydrogens is 1750 g/mol. The van der Waals surface area contributed by atoms with Crippen LogP contribution in [-0.4, -0.2) is 6.71 Å². The first-order valence-electron chi connectivity index (χ1n) is 52.2. The minimum absolute atomic E-state index is 0.100. The zero-order valence-electron chi connectivity index (χ0n) is 89.5. The van der Waals surface area contributed by atoms with E-state index in [0.29, 0.717) is 0 Å². The van der Waals surface area contributed by atoms with E-state index in [0.717, 1.165) is 168 Å². The van der Waals surface area contributed by atoms with Gasteiger partial charge in [-0.15, -0.1) is 0 Å². The summed E-state index contributed by atoms with van der Waals surface area (Å²) in [5.41, 5.74) is 45.0. The topological polar surface area (TPSA) is 13.0 Å². The van der Waals surface area contributed by atoms with Crippen LogP contribution in [0.3, 0.4) is 0 Å². The number of benzene rings is 18. The highest BCUT2D eigenvalue weighted by atomic mass is 15.2. The molecule has 0 fully saturated rings. The van der Waals surface area contributed by atoms with E-state index in [1.54, 1.807) is 0 Å². The summed E-state index contributed by atoms with van der Waals surface area (Å²) in [5, 5.41) is 0. The zero-order chi connectivity index (χ0) is 102. The summed E-state index contributed by atoms with van der Waals surface area (Å²) >= 11 is 0. The Morgan fingerprint density at radius 3 is 0.614 bits per heavy atom. The van der Waals surface area contributed by atoms with Crippen LogP contribution in [0.25, 0.3) is 100 Å². The van der Waals surface area contributed by atoms with Crippen molar-refractivity contribution < 1.29 is 0 Å². The van der Waals surface area contributed by atoms with Crippen LogP contribution in [0.2, 0.25) is 0 Å². The van der Waals surface area contributed by atoms with Gasteiger partial charge in [-0.1, -0.05) is 439 Å². The lowest BCUT2D eigenvalue weighted by Crippen LogP contribution is -2.61. The largest absolute Gasteiger partial charge is 0.310 e. The Labute approximate surface area is 865 Å². The van der Waals surface area contributed by atoms with E-state index < -0.39 is 6.71 Å². The molecule has 0 spiro atoms. The summed E-state index contributed by atoms with van der Waals surface area (Å²) in [6.45, 7) is 56.1. The van der Waals surface area contributed by atoms with Crippen molar-refractivity contribution in [2.24, 2.45) is 0 Å². The van der Waals surface area contributed by atoms with Crippen LogP contribution in [0.4, 0.5) is 68.2 Å². The van der Waals surface area contributed by atoms with Crippen LogP contribution in [0, 0.1) is 0 Å². The summed E-state index contributed by atoms with van der Waals surface area (Å²) in [4.78, 5) is 10.7. The molecule has 2 aliphatic heterocycles. The predicted octanol–water partition coefficient (Wildman–Crippen LogP) is 38.1. The molecule has 0 amide bonds. The molecule has 2 aliphatic rings. The fourth-order valence-corrected chi connectivity index (χ4v) is 21.4. The van der Waals surface area contributed by atoms with Gasteiger partial charge in [-0.3, -0.25) is 0 Å². The molecule has 0 bridgehead atoms. The summed E-state index contributed by atoms with van der Waals surface area (Å²) < 4.78 is 0. The quantitative estimate of drug-likeness (QED) is 0.0843. The minimum Gasteiger partial charge on any atom is -0.310 e. The van der Waals surface area contributed by atoms with Gasteiger partial charge in [0.2, 0.25) is 0 Å². The maximum absolute atomic E-state index is 2.81. The second-order valence-corrected chi connectivity index (χ2v) is 48.8. The van der Waals surface area contributed by atoms with Gasteiger partial charge in [0.05, 0.1) is 11.4 Å². The molecule has 0 radical (unpaired) electrons. The van der Waals surface area contributed by atoms with Crippen molar-refractivity contribution in [1.29, 1.82) is 0 Å². The minimum atomic E-state index is -0.422. The molecule has 2 heterocycles. The van der Waals surface area contributed by atoms with Gasteiger partial charge in [-0.25, -0.2) is 0 Å². The number of nitrogens with zero attached hydrogens (tertiary/aromatic N) is 4. The standard InChI is InChI=1S/C140H139BN4/c1-133(2,3)106-57-65-114(66-58-106)142(115-67-59-107(60-68-115)134(4,5)6)118-73-75-124-126(90-118)144(131-120(100-53-37-49-96(77-100)92-41-29-25-30-42-92)86-112(139(19,20)21)87-121(131)101-54-38-50-97(78-101)93-43-31-26-32-44-93)128-83-105(104-81-110(137(13,14)15)85-111(82-104)138(16,17)18)84-129-130(128)141(124)125-76-74-119(143(116-69-61-108(62-70-116)135(7,8)9)117-71-63-109(64-72-117)136(10,11)12)91-127(125)145(129)132-122(102-55-39-51-98(79-102)94-45-33-27-34-46-94)88-113(140(22,23)24)89-123(132)103-56-40-52-99(80-103)95-47-35-28-36-48-95/h25-91H,1-24H3. The molecule has 5 heteroatoms. The van der Waals surface area contributed by atoms with Gasteiger partial charge in [0, 0.05) is 79.1 Å². The van der Waals surface area contributed by atoms with Gasteiger partial charge in [0.15, 0.2) is 0 Å². The molecule has 18 aromatic carbocycles. The Balaban J connectivity index is 1.02. The number of hydrogen-bond acceptors (Lipinski definition) is 4. The lowest BCUT2D eigenvalue weighted by molar-refractivity contribution is 0.569. The second-order valence-electron chi connectivity index (χ2n) is 48.8. The molecule has 0 aromatic heterocycles. The van der Waals surface area contributed by atoms with Crippen molar-refractivity contribution in [2.45, 2.75) is 209 Å². The van der Waals surface area contributed by atoms with Crippen LogP contribution in [-0.2, 0) is 43.3 Å². The van der Waals surface area contributed by atoms with Crippen LogP contribution >= 0.6 is 0 Å². The third-order valence-corrected chi connectivity index (χ3v) is 30.0. The summed E-state index contributed by atoms with van der Waals surface area (Å²) in [5.74, 6) is 0. The summed E-state index contributed by atoms with van der Waals surface area (Å²) in [7, 11) is 0. The molecule has 0 atom stereocenters. The Morgan fingerprint density at radius 2 is 0.372 bits per heavy atom. The first-order chi connectivity index (χ1) is 68.9. The maximum Gasteiger partial charge on any atom is 0.252 e.